The van der Waals surface area contributed by atoms with Crippen molar-refractivity contribution in [2.45, 2.75) is 0 Å². The summed E-state index contributed by atoms with van der Waals surface area (Å²) in [5.41, 5.74) is 6.76. The normalized spacial score (nSPS) is 9.13. The van der Waals surface area contributed by atoms with Gasteiger partial charge < -0.3 is 15.2 Å². The molecular formula is C11H11NO3. The summed E-state index contributed by atoms with van der Waals surface area (Å²) in [6.07, 6.45) is 5.25. The number of hydrogen-bond donors (Lipinski definition) is 1. The van der Waals surface area contributed by atoms with Gasteiger partial charge in [0.05, 0.1) is 31.0 Å². The van der Waals surface area contributed by atoms with E-state index in [2.05, 4.69) is 10.7 Å². The number of nitrogens with two attached hydrogens (primary N) is 1. The first-order chi connectivity index (χ1) is 7.13. The van der Waals surface area contributed by atoms with E-state index in [-0.39, 0.29) is 0 Å². The van der Waals surface area contributed by atoms with Crippen molar-refractivity contribution in [1.29, 1.82) is 0 Å². The van der Waals surface area contributed by atoms with E-state index in [1.807, 2.05) is 0 Å². The molecule has 15 heavy (non-hydrogen) atoms. The third-order valence-corrected chi connectivity index (χ3v) is 1.94. The number of nitrogen functional groups attached to an aromatic ring is 1. The number of carbonyl (C=O) groups excluding carboxylic acids is 1. The highest BCUT2D eigenvalue weighted by Gasteiger charge is 2.12. The van der Waals surface area contributed by atoms with E-state index in [1.54, 1.807) is 0 Å². The fourth-order valence-corrected chi connectivity index (χ4v) is 1.15. The van der Waals surface area contributed by atoms with Gasteiger partial charge in [0.2, 0.25) is 0 Å². The van der Waals surface area contributed by atoms with E-state index < -0.39 is 5.97 Å². The number of terminal acetylenes is 1. The fourth-order valence-electron chi connectivity index (χ4n) is 1.15. The molecule has 0 radical (unpaired) electrons. The second-order valence-corrected chi connectivity index (χ2v) is 2.78. The van der Waals surface area contributed by atoms with Gasteiger partial charge in [0, 0.05) is 0 Å². The Morgan fingerprint density at radius 3 is 2.60 bits per heavy atom. The van der Waals surface area contributed by atoms with Gasteiger partial charge in [-0.25, -0.2) is 4.79 Å². The van der Waals surface area contributed by atoms with E-state index in [4.69, 9.17) is 16.9 Å². The lowest BCUT2D eigenvalue weighted by molar-refractivity contribution is 0.0600. The Morgan fingerprint density at radius 1 is 1.47 bits per heavy atom. The average molecular weight is 205 g/mol. The van der Waals surface area contributed by atoms with E-state index in [9.17, 15) is 4.79 Å². The van der Waals surface area contributed by atoms with E-state index in [0.717, 1.165) is 0 Å². The highest BCUT2D eigenvalue weighted by molar-refractivity contribution is 5.91. The molecule has 2 N–H and O–H groups in total. The highest BCUT2D eigenvalue weighted by Crippen LogP contribution is 2.26. The molecule has 4 heteroatoms. The van der Waals surface area contributed by atoms with Crippen molar-refractivity contribution < 1.29 is 14.3 Å². The molecule has 0 aliphatic heterocycles. The molecule has 1 aromatic carbocycles. The van der Waals surface area contributed by atoms with Gasteiger partial charge in [-0.1, -0.05) is 5.92 Å². The van der Waals surface area contributed by atoms with Crippen LogP contribution < -0.4 is 10.5 Å². The highest BCUT2D eigenvalue weighted by atomic mass is 16.5. The van der Waals surface area contributed by atoms with Crippen LogP contribution in [0.1, 0.15) is 15.9 Å². The Kier molecular flexibility index (Phi) is 3.19. The SMILES string of the molecule is C#Cc1cc(C(=O)OC)cc(OC)c1N. The van der Waals surface area contributed by atoms with E-state index in [0.29, 0.717) is 22.6 Å². The van der Waals surface area contributed by atoms with Gasteiger partial charge in [-0.05, 0) is 12.1 Å². The fraction of sp³-hybridized carbons (Fsp3) is 0.182. The molecule has 0 heterocycles. The molecule has 4 nitrogen and oxygen atoms in total. The molecule has 78 valence electrons. The van der Waals surface area contributed by atoms with Crippen LogP contribution in [0, 0.1) is 12.3 Å². The van der Waals surface area contributed by atoms with Crippen molar-refractivity contribution in [3.05, 3.63) is 23.3 Å². The van der Waals surface area contributed by atoms with Gasteiger partial charge in [0.25, 0.3) is 0 Å². The number of hydrogen-bond acceptors (Lipinski definition) is 4. The molecular weight excluding hydrogens is 194 g/mol. The van der Waals surface area contributed by atoms with Gasteiger partial charge >= 0.3 is 5.97 Å². The van der Waals surface area contributed by atoms with Crippen molar-refractivity contribution >= 4 is 11.7 Å². The van der Waals surface area contributed by atoms with Crippen LogP contribution in [0.5, 0.6) is 5.75 Å². The Bertz CT molecular complexity index is 432. The maximum atomic E-state index is 11.3. The molecule has 0 amide bonds. The minimum absolute atomic E-state index is 0.316. The van der Waals surface area contributed by atoms with Crippen molar-refractivity contribution in [2.75, 3.05) is 20.0 Å². The van der Waals surface area contributed by atoms with Crippen molar-refractivity contribution in [1.82, 2.24) is 0 Å². The lowest BCUT2D eigenvalue weighted by Gasteiger charge is -2.08. The average Bonchev–Trinajstić information content (AvgIpc) is 2.28. The molecule has 0 atom stereocenters. The molecule has 0 aromatic heterocycles. The maximum Gasteiger partial charge on any atom is 0.338 e. The van der Waals surface area contributed by atoms with Gasteiger partial charge in [0.1, 0.15) is 5.75 Å². The summed E-state index contributed by atoms with van der Waals surface area (Å²) in [6.45, 7) is 0. The van der Waals surface area contributed by atoms with Gasteiger partial charge in [0.15, 0.2) is 0 Å². The second kappa shape index (κ2) is 4.38. The lowest BCUT2D eigenvalue weighted by atomic mass is 10.1. The van der Waals surface area contributed by atoms with Crippen LogP contribution in [0.2, 0.25) is 0 Å². The molecule has 0 bridgehead atoms. The molecule has 0 unspecified atom stereocenters. The van der Waals surface area contributed by atoms with Crippen molar-refractivity contribution in [3.8, 4) is 18.1 Å². The minimum Gasteiger partial charge on any atom is -0.495 e. The number of methoxy groups -OCH3 is 2. The Balaban J connectivity index is 3.34. The molecule has 0 saturated heterocycles. The molecule has 0 spiro atoms. The first kappa shape index (κ1) is 10.9. The van der Waals surface area contributed by atoms with Crippen LogP contribution in [-0.2, 0) is 4.74 Å². The number of carbonyl (C=O) groups is 1. The quantitative estimate of drug-likeness (QED) is 0.445. The number of esters is 1. The topological polar surface area (TPSA) is 61.5 Å². The van der Waals surface area contributed by atoms with Crippen LogP contribution in [-0.4, -0.2) is 20.2 Å². The van der Waals surface area contributed by atoms with Crippen LogP contribution in [0.4, 0.5) is 5.69 Å². The Morgan fingerprint density at radius 2 is 2.13 bits per heavy atom. The largest absolute Gasteiger partial charge is 0.495 e. The summed E-state index contributed by atoms with van der Waals surface area (Å²) in [5.74, 6) is 2.26. The monoisotopic (exact) mass is 205 g/mol. The third kappa shape index (κ3) is 2.02. The molecule has 1 aromatic rings. The summed E-state index contributed by atoms with van der Waals surface area (Å²) in [6, 6.07) is 2.98. The summed E-state index contributed by atoms with van der Waals surface area (Å²) in [5, 5.41) is 0. The molecule has 0 aliphatic rings. The van der Waals surface area contributed by atoms with Gasteiger partial charge in [-0.2, -0.15) is 0 Å². The maximum absolute atomic E-state index is 11.3. The summed E-state index contributed by atoms with van der Waals surface area (Å²) in [7, 11) is 2.74. The minimum atomic E-state index is -0.482. The standard InChI is InChI=1S/C11H11NO3/c1-4-7-5-8(11(13)15-3)6-9(14-2)10(7)12/h1,5-6H,12H2,2-3H3. The summed E-state index contributed by atoms with van der Waals surface area (Å²) in [4.78, 5) is 11.3. The van der Waals surface area contributed by atoms with E-state index in [1.165, 1.54) is 26.4 Å². The van der Waals surface area contributed by atoms with Crippen LogP contribution >= 0.6 is 0 Å². The first-order valence-electron chi connectivity index (χ1n) is 4.16. The lowest BCUT2D eigenvalue weighted by Crippen LogP contribution is -2.04. The molecule has 0 saturated carbocycles. The van der Waals surface area contributed by atoms with Crippen molar-refractivity contribution in [2.24, 2.45) is 0 Å². The Labute approximate surface area is 88.0 Å². The number of ether oxygens (including phenoxy) is 2. The van der Waals surface area contributed by atoms with Gasteiger partial charge in [-0.15, -0.1) is 6.42 Å². The first-order valence-corrected chi connectivity index (χ1v) is 4.16. The van der Waals surface area contributed by atoms with Crippen molar-refractivity contribution in [3.63, 3.8) is 0 Å². The number of benzene rings is 1. The molecule has 0 aliphatic carbocycles. The Hall–Kier alpha value is -2.15. The predicted octanol–water partition coefficient (Wildman–Crippen LogP) is 1.05. The third-order valence-electron chi connectivity index (χ3n) is 1.94. The van der Waals surface area contributed by atoms with Crippen LogP contribution in [0.3, 0.4) is 0 Å². The van der Waals surface area contributed by atoms with Crippen LogP contribution in [0.15, 0.2) is 12.1 Å². The zero-order valence-electron chi connectivity index (χ0n) is 8.53. The second-order valence-electron chi connectivity index (χ2n) is 2.78. The zero-order chi connectivity index (χ0) is 11.4. The molecule has 0 fully saturated rings. The molecule has 1 rings (SSSR count). The summed E-state index contributed by atoms with van der Waals surface area (Å²) >= 11 is 0. The smallest absolute Gasteiger partial charge is 0.338 e. The van der Waals surface area contributed by atoms with E-state index >= 15 is 0 Å². The van der Waals surface area contributed by atoms with Crippen LogP contribution in [0.25, 0.3) is 0 Å². The summed E-state index contributed by atoms with van der Waals surface area (Å²) < 4.78 is 9.57. The zero-order valence-corrected chi connectivity index (χ0v) is 8.53. The number of anilines is 1. The van der Waals surface area contributed by atoms with Gasteiger partial charge in [-0.3, -0.25) is 0 Å². The predicted molar refractivity (Wildman–Crippen MR) is 56.7 cm³/mol. The number of rotatable bonds is 2.